The second-order valence-electron chi connectivity index (χ2n) is 8.41. The minimum absolute atomic E-state index is 0.0590. The number of nitrogens with zero attached hydrogens (tertiary/aromatic N) is 3. The molecule has 1 unspecified atom stereocenters. The number of halogens is 1. The number of aromatic nitrogens is 2. The van der Waals surface area contributed by atoms with E-state index in [4.69, 9.17) is 0 Å². The number of rotatable bonds is 8. The van der Waals surface area contributed by atoms with E-state index in [-0.39, 0.29) is 30.2 Å². The third-order valence-electron chi connectivity index (χ3n) is 5.50. The summed E-state index contributed by atoms with van der Waals surface area (Å²) < 4.78 is 15.2. The molecule has 3 aromatic rings. The molecule has 1 atom stereocenters. The molecule has 1 amide bonds. The van der Waals surface area contributed by atoms with E-state index in [1.807, 2.05) is 67.7 Å². The van der Waals surface area contributed by atoms with E-state index in [1.54, 1.807) is 12.1 Å². The van der Waals surface area contributed by atoms with Gasteiger partial charge in [0.25, 0.3) is 0 Å². The zero-order valence-electron chi connectivity index (χ0n) is 18.9. The monoisotopic (exact) mass is 422 g/mol. The van der Waals surface area contributed by atoms with Gasteiger partial charge in [-0.25, -0.2) is 9.07 Å². The fourth-order valence-electron chi connectivity index (χ4n) is 3.82. The van der Waals surface area contributed by atoms with Gasteiger partial charge in [-0.15, -0.1) is 0 Å². The highest BCUT2D eigenvalue weighted by Crippen LogP contribution is 2.22. The molecule has 5 nitrogen and oxygen atoms in total. The Kier molecular flexibility index (Phi) is 7.23. The van der Waals surface area contributed by atoms with Crippen LogP contribution in [0.15, 0.2) is 54.6 Å². The molecule has 0 saturated carbocycles. The zero-order chi connectivity index (χ0) is 22.5. The molecule has 3 rings (SSSR count). The van der Waals surface area contributed by atoms with Gasteiger partial charge in [0.2, 0.25) is 5.91 Å². The maximum Gasteiger partial charge on any atom is 0.234 e. The first-order chi connectivity index (χ1) is 14.8. The quantitative estimate of drug-likeness (QED) is 0.578. The molecule has 31 heavy (non-hydrogen) atoms. The Morgan fingerprint density at radius 2 is 1.74 bits per heavy atom. The number of carbonyl (C=O) groups excluding carboxylic acids is 1. The minimum atomic E-state index is -0.279. The van der Waals surface area contributed by atoms with E-state index in [0.29, 0.717) is 6.54 Å². The van der Waals surface area contributed by atoms with Gasteiger partial charge < -0.3 is 5.32 Å². The van der Waals surface area contributed by atoms with Crippen molar-refractivity contribution in [1.82, 2.24) is 20.0 Å². The maximum atomic E-state index is 13.3. The maximum absolute atomic E-state index is 13.3. The van der Waals surface area contributed by atoms with Gasteiger partial charge in [-0.2, -0.15) is 5.10 Å². The van der Waals surface area contributed by atoms with E-state index >= 15 is 0 Å². The highest BCUT2D eigenvalue weighted by molar-refractivity contribution is 5.78. The molecule has 6 heteroatoms. The average molecular weight is 423 g/mol. The first kappa shape index (κ1) is 22.7. The Morgan fingerprint density at radius 1 is 1.10 bits per heavy atom. The van der Waals surface area contributed by atoms with Crippen LogP contribution in [-0.2, 0) is 11.3 Å². The molecule has 0 aliphatic heterocycles. The fourth-order valence-corrected chi connectivity index (χ4v) is 3.82. The lowest BCUT2D eigenvalue weighted by Crippen LogP contribution is -2.38. The molecule has 164 valence electrons. The number of aryl methyl sites for hydroxylation is 1. The van der Waals surface area contributed by atoms with Crippen LogP contribution in [0, 0.1) is 25.6 Å². The molecule has 0 aliphatic carbocycles. The van der Waals surface area contributed by atoms with Crippen LogP contribution in [0.25, 0.3) is 5.69 Å². The van der Waals surface area contributed by atoms with Gasteiger partial charge >= 0.3 is 0 Å². The predicted molar refractivity (Wildman–Crippen MR) is 121 cm³/mol. The second-order valence-corrected chi connectivity index (χ2v) is 8.41. The van der Waals surface area contributed by atoms with E-state index in [9.17, 15) is 9.18 Å². The lowest BCUT2D eigenvalue weighted by molar-refractivity contribution is -0.123. The summed E-state index contributed by atoms with van der Waals surface area (Å²) >= 11 is 0. The van der Waals surface area contributed by atoms with Crippen molar-refractivity contribution >= 4 is 5.91 Å². The largest absolute Gasteiger partial charge is 0.348 e. The Labute approximate surface area is 183 Å². The van der Waals surface area contributed by atoms with Crippen LogP contribution in [-0.4, -0.2) is 34.2 Å². The average Bonchev–Trinajstić information content (AvgIpc) is 3.01. The van der Waals surface area contributed by atoms with Crippen molar-refractivity contribution in [2.45, 2.75) is 40.3 Å². The van der Waals surface area contributed by atoms with Gasteiger partial charge in [-0.3, -0.25) is 9.69 Å². The Morgan fingerprint density at radius 3 is 2.35 bits per heavy atom. The molecular formula is C25H31FN4O. The Bertz CT molecular complexity index is 1010. The van der Waals surface area contributed by atoms with Crippen LogP contribution in [0.2, 0.25) is 0 Å². The second kappa shape index (κ2) is 9.88. The fraction of sp³-hybridized carbons (Fsp3) is 0.360. The molecule has 1 N–H and O–H groups in total. The summed E-state index contributed by atoms with van der Waals surface area (Å²) in [4.78, 5) is 14.7. The Balaban J connectivity index is 1.66. The van der Waals surface area contributed by atoms with Crippen LogP contribution >= 0.6 is 0 Å². The third-order valence-corrected chi connectivity index (χ3v) is 5.50. The first-order valence-corrected chi connectivity index (χ1v) is 10.6. The van der Waals surface area contributed by atoms with E-state index in [1.165, 1.54) is 12.1 Å². The highest BCUT2D eigenvalue weighted by Gasteiger charge is 2.20. The van der Waals surface area contributed by atoms with Crippen LogP contribution < -0.4 is 5.32 Å². The van der Waals surface area contributed by atoms with Gasteiger partial charge in [0.1, 0.15) is 5.82 Å². The SMILES string of the molecule is Cc1nn(-c2ccccc2)c(C)c1CN(C)CC(=O)NC(c1ccc(F)cc1)C(C)C. The summed E-state index contributed by atoms with van der Waals surface area (Å²) in [5.41, 5.74) is 5.08. The van der Waals surface area contributed by atoms with E-state index < -0.39 is 0 Å². The number of hydrogen-bond acceptors (Lipinski definition) is 3. The lowest BCUT2D eigenvalue weighted by Gasteiger charge is -2.25. The summed E-state index contributed by atoms with van der Waals surface area (Å²) in [7, 11) is 1.93. The third kappa shape index (κ3) is 5.58. The molecule has 0 fully saturated rings. The smallest absolute Gasteiger partial charge is 0.234 e. The van der Waals surface area contributed by atoms with Crippen LogP contribution in [0.5, 0.6) is 0 Å². The summed E-state index contributed by atoms with van der Waals surface area (Å²) in [6.45, 7) is 9.03. The van der Waals surface area contributed by atoms with Crippen molar-refractivity contribution < 1.29 is 9.18 Å². The van der Waals surface area contributed by atoms with Crippen molar-refractivity contribution in [3.8, 4) is 5.69 Å². The van der Waals surface area contributed by atoms with Crippen molar-refractivity contribution in [3.05, 3.63) is 82.9 Å². The van der Waals surface area contributed by atoms with Crippen molar-refractivity contribution in [3.63, 3.8) is 0 Å². The van der Waals surface area contributed by atoms with Gasteiger partial charge in [0.05, 0.1) is 24.0 Å². The molecular weight excluding hydrogens is 391 g/mol. The summed E-state index contributed by atoms with van der Waals surface area (Å²) in [6.07, 6.45) is 0. The van der Waals surface area contributed by atoms with Crippen LogP contribution in [0.1, 0.15) is 42.4 Å². The topological polar surface area (TPSA) is 50.2 Å². The summed E-state index contributed by atoms with van der Waals surface area (Å²) in [5, 5.41) is 7.80. The molecule has 1 heterocycles. The van der Waals surface area contributed by atoms with Gasteiger partial charge in [0, 0.05) is 17.8 Å². The van der Waals surface area contributed by atoms with Gasteiger partial charge in [-0.1, -0.05) is 44.2 Å². The molecule has 0 bridgehead atoms. The van der Waals surface area contributed by atoms with E-state index in [2.05, 4.69) is 17.3 Å². The zero-order valence-corrected chi connectivity index (χ0v) is 18.9. The normalized spacial score (nSPS) is 12.4. The summed E-state index contributed by atoms with van der Waals surface area (Å²) in [5.74, 6) is -0.149. The number of carbonyl (C=O) groups is 1. The summed E-state index contributed by atoms with van der Waals surface area (Å²) in [6, 6.07) is 16.2. The van der Waals surface area contributed by atoms with Crippen LogP contribution in [0.3, 0.4) is 0 Å². The standard InChI is InChI=1S/C25H31FN4O/c1-17(2)25(20-11-13-21(26)14-12-20)27-24(31)16-29(5)15-23-18(3)28-30(19(23)4)22-9-7-6-8-10-22/h6-14,17,25H,15-16H2,1-5H3,(H,27,31). The van der Waals surface area contributed by atoms with E-state index in [0.717, 1.165) is 28.2 Å². The van der Waals surface area contributed by atoms with Crippen molar-refractivity contribution in [2.75, 3.05) is 13.6 Å². The van der Waals surface area contributed by atoms with Crippen molar-refractivity contribution in [2.24, 2.45) is 5.92 Å². The molecule has 0 saturated heterocycles. The lowest BCUT2D eigenvalue weighted by atomic mass is 9.96. The number of benzene rings is 2. The van der Waals surface area contributed by atoms with Gasteiger partial charge in [-0.05, 0) is 56.6 Å². The Hall–Kier alpha value is -2.99. The predicted octanol–water partition coefficient (Wildman–Crippen LogP) is 4.57. The number of likely N-dealkylation sites (N-methyl/N-ethyl adjacent to an activating group) is 1. The van der Waals surface area contributed by atoms with Gasteiger partial charge in [0.15, 0.2) is 0 Å². The number of amides is 1. The minimum Gasteiger partial charge on any atom is -0.348 e. The highest BCUT2D eigenvalue weighted by atomic mass is 19.1. The number of nitrogens with one attached hydrogen (secondary N) is 1. The molecule has 2 aromatic carbocycles. The first-order valence-electron chi connectivity index (χ1n) is 10.6. The molecule has 0 aliphatic rings. The van der Waals surface area contributed by atoms with Crippen LogP contribution in [0.4, 0.5) is 4.39 Å². The molecule has 0 spiro atoms. The molecule has 1 aromatic heterocycles. The number of hydrogen-bond donors (Lipinski definition) is 1. The number of para-hydroxylation sites is 1. The van der Waals surface area contributed by atoms with Crippen molar-refractivity contribution in [1.29, 1.82) is 0 Å². The molecule has 0 radical (unpaired) electrons.